The van der Waals surface area contributed by atoms with Crippen molar-refractivity contribution in [2.45, 2.75) is 30.6 Å². The number of benzene rings is 2. The third-order valence-electron chi connectivity index (χ3n) is 5.83. The van der Waals surface area contributed by atoms with Gasteiger partial charge in [-0.15, -0.1) is 0 Å². The SMILES string of the molecule is O=C(C1CCN(S(=O)(=O)c2ccc(F)c(Cl)c2)CC1)N1CCCc2c(F)cc(F)cc21. The molecule has 0 unspecified atom stereocenters. The van der Waals surface area contributed by atoms with Gasteiger partial charge in [-0.25, -0.2) is 21.6 Å². The maximum Gasteiger partial charge on any atom is 0.243 e. The second-order valence-electron chi connectivity index (χ2n) is 7.73. The molecule has 0 bridgehead atoms. The van der Waals surface area contributed by atoms with Crippen molar-refractivity contribution in [2.75, 3.05) is 24.5 Å². The van der Waals surface area contributed by atoms with Gasteiger partial charge in [0.05, 0.1) is 15.6 Å². The fourth-order valence-electron chi connectivity index (χ4n) is 4.19. The molecule has 2 aromatic carbocycles. The Labute approximate surface area is 183 Å². The summed E-state index contributed by atoms with van der Waals surface area (Å²) in [6, 6.07) is 5.21. The summed E-state index contributed by atoms with van der Waals surface area (Å²) in [5, 5.41) is -0.283. The number of carbonyl (C=O) groups is 1. The lowest BCUT2D eigenvalue weighted by molar-refractivity contribution is -0.123. The zero-order chi connectivity index (χ0) is 22.3. The average Bonchev–Trinajstić information content (AvgIpc) is 2.74. The number of carbonyl (C=O) groups excluding carboxylic acids is 1. The molecule has 166 valence electrons. The molecular weight excluding hydrogens is 453 g/mol. The fraction of sp³-hybridized carbons (Fsp3) is 0.381. The molecular formula is C21H20ClF3N2O3S. The molecule has 1 fully saturated rings. The molecule has 2 aliphatic heterocycles. The van der Waals surface area contributed by atoms with Crippen LogP contribution in [0.2, 0.25) is 5.02 Å². The quantitative estimate of drug-likeness (QED) is 0.674. The van der Waals surface area contributed by atoms with E-state index >= 15 is 0 Å². The second-order valence-corrected chi connectivity index (χ2v) is 10.1. The van der Waals surface area contributed by atoms with Crippen molar-refractivity contribution in [3.63, 3.8) is 0 Å². The van der Waals surface area contributed by atoms with Gasteiger partial charge in [0.2, 0.25) is 15.9 Å². The van der Waals surface area contributed by atoms with Gasteiger partial charge in [-0.1, -0.05) is 11.6 Å². The molecule has 0 N–H and O–H groups in total. The summed E-state index contributed by atoms with van der Waals surface area (Å²) in [5.74, 6) is -2.82. The van der Waals surface area contributed by atoms with Crippen LogP contribution in [-0.4, -0.2) is 38.3 Å². The van der Waals surface area contributed by atoms with E-state index in [1.54, 1.807) is 0 Å². The van der Waals surface area contributed by atoms with Gasteiger partial charge in [0.1, 0.15) is 17.5 Å². The molecule has 1 saturated heterocycles. The van der Waals surface area contributed by atoms with Crippen molar-refractivity contribution in [3.05, 3.63) is 58.4 Å². The standard InChI is InChI=1S/C21H20ClF3N2O3S/c22-17-12-15(3-4-18(17)24)31(29,30)26-8-5-13(6-9-26)21(28)27-7-1-2-16-19(25)10-14(23)11-20(16)27/h3-4,10-13H,1-2,5-9H2. The van der Waals surface area contributed by atoms with Crippen LogP contribution in [0.3, 0.4) is 0 Å². The number of hydrogen-bond acceptors (Lipinski definition) is 3. The maximum absolute atomic E-state index is 14.1. The fourth-order valence-corrected chi connectivity index (χ4v) is 5.93. The molecule has 0 atom stereocenters. The lowest BCUT2D eigenvalue weighted by atomic mass is 9.93. The highest BCUT2D eigenvalue weighted by atomic mass is 35.5. The van der Waals surface area contributed by atoms with Crippen LogP contribution in [0.15, 0.2) is 35.2 Å². The summed E-state index contributed by atoms with van der Waals surface area (Å²) in [6.07, 6.45) is 1.55. The molecule has 0 saturated carbocycles. The topological polar surface area (TPSA) is 57.7 Å². The van der Waals surface area contributed by atoms with Gasteiger partial charge >= 0.3 is 0 Å². The normalized spacial score (nSPS) is 18.1. The van der Waals surface area contributed by atoms with Crippen molar-refractivity contribution < 1.29 is 26.4 Å². The highest BCUT2D eigenvalue weighted by Crippen LogP contribution is 2.34. The Bertz CT molecular complexity index is 1130. The third-order valence-corrected chi connectivity index (χ3v) is 8.02. The number of sulfonamides is 1. The molecule has 1 amide bonds. The molecule has 2 aromatic rings. The Morgan fingerprint density at radius 2 is 1.71 bits per heavy atom. The molecule has 4 rings (SSSR count). The van der Waals surface area contributed by atoms with Crippen LogP contribution in [-0.2, 0) is 21.2 Å². The monoisotopic (exact) mass is 472 g/mol. The molecule has 10 heteroatoms. The Kier molecular flexibility index (Phi) is 6.02. The van der Waals surface area contributed by atoms with E-state index in [9.17, 15) is 26.4 Å². The number of hydrogen-bond donors (Lipinski definition) is 0. The van der Waals surface area contributed by atoms with Gasteiger partial charge in [0, 0.05) is 37.2 Å². The van der Waals surface area contributed by atoms with Crippen LogP contribution < -0.4 is 4.90 Å². The van der Waals surface area contributed by atoms with Gasteiger partial charge in [-0.3, -0.25) is 4.79 Å². The van der Waals surface area contributed by atoms with Gasteiger partial charge in [-0.05, 0) is 49.9 Å². The number of piperidine rings is 1. The minimum absolute atomic E-state index is 0.103. The summed E-state index contributed by atoms with van der Waals surface area (Å²) < 4.78 is 68.2. The number of nitrogens with zero attached hydrogens (tertiary/aromatic N) is 2. The van der Waals surface area contributed by atoms with Crippen LogP contribution in [0, 0.1) is 23.4 Å². The van der Waals surface area contributed by atoms with Crippen LogP contribution in [0.25, 0.3) is 0 Å². The maximum atomic E-state index is 14.1. The largest absolute Gasteiger partial charge is 0.312 e. The van der Waals surface area contributed by atoms with Crippen LogP contribution >= 0.6 is 11.6 Å². The van der Waals surface area contributed by atoms with E-state index in [0.29, 0.717) is 24.9 Å². The molecule has 0 spiro atoms. The highest BCUT2D eigenvalue weighted by molar-refractivity contribution is 7.89. The van der Waals surface area contributed by atoms with Crippen molar-refractivity contribution in [1.82, 2.24) is 4.31 Å². The minimum atomic E-state index is -3.88. The number of fused-ring (bicyclic) bond motifs is 1. The summed E-state index contributed by atoms with van der Waals surface area (Å²) >= 11 is 5.71. The number of anilines is 1. The summed E-state index contributed by atoms with van der Waals surface area (Å²) in [6.45, 7) is 0.569. The molecule has 0 aromatic heterocycles. The van der Waals surface area contributed by atoms with Crippen LogP contribution in [0.4, 0.5) is 18.9 Å². The zero-order valence-corrected chi connectivity index (χ0v) is 18.0. The number of rotatable bonds is 3. The predicted octanol–water partition coefficient (Wildman–Crippen LogP) is 4.14. The van der Waals surface area contributed by atoms with Crippen LogP contribution in [0.5, 0.6) is 0 Å². The summed E-state index contributed by atoms with van der Waals surface area (Å²) in [5.41, 5.74) is 0.582. The Morgan fingerprint density at radius 1 is 1.00 bits per heavy atom. The van der Waals surface area contributed by atoms with Crippen molar-refractivity contribution in [2.24, 2.45) is 5.92 Å². The van der Waals surface area contributed by atoms with Crippen LogP contribution in [0.1, 0.15) is 24.8 Å². The number of halogens is 4. The van der Waals surface area contributed by atoms with Crippen molar-refractivity contribution in [1.29, 1.82) is 0 Å². The van der Waals surface area contributed by atoms with E-state index < -0.39 is 33.4 Å². The smallest absolute Gasteiger partial charge is 0.243 e. The first kappa shape index (κ1) is 22.1. The van der Waals surface area contributed by atoms with E-state index in [2.05, 4.69) is 0 Å². The van der Waals surface area contributed by atoms with E-state index in [1.807, 2.05) is 0 Å². The predicted molar refractivity (Wildman–Crippen MR) is 110 cm³/mol. The van der Waals surface area contributed by atoms with E-state index in [1.165, 1.54) is 15.3 Å². The molecule has 2 heterocycles. The summed E-state index contributed by atoms with van der Waals surface area (Å²) in [4.78, 5) is 14.4. The second kappa shape index (κ2) is 8.44. The first-order valence-electron chi connectivity index (χ1n) is 9.93. The Morgan fingerprint density at radius 3 is 2.39 bits per heavy atom. The molecule has 0 radical (unpaired) electrons. The van der Waals surface area contributed by atoms with Crippen molar-refractivity contribution in [3.8, 4) is 0 Å². The average molecular weight is 473 g/mol. The molecule has 5 nitrogen and oxygen atoms in total. The molecule has 2 aliphatic rings. The Balaban J connectivity index is 1.48. The molecule has 0 aliphatic carbocycles. The van der Waals surface area contributed by atoms with E-state index in [4.69, 9.17) is 11.6 Å². The Hall–Kier alpha value is -2.10. The molecule has 31 heavy (non-hydrogen) atoms. The van der Waals surface area contributed by atoms with E-state index in [0.717, 1.165) is 24.3 Å². The minimum Gasteiger partial charge on any atom is -0.312 e. The summed E-state index contributed by atoms with van der Waals surface area (Å²) in [7, 11) is -3.88. The lowest BCUT2D eigenvalue weighted by Gasteiger charge is -2.36. The zero-order valence-electron chi connectivity index (χ0n) is 16.5. The van der Waals surface area contributed by atoms with Crippen molar-refractivity contribution >= 4 is 33.2 Å². The lowest BCUT2D eigenvalue weighted by Crippen LogP contribution is -2.46. The first-order chi connectivity index (χ1) is 14.7. The third kappa shape index (κ3) is 4.18. The van der Waals surface area contributed by atoms with Gasteiger partial charge in [-0.2, -0.15) is 4.31 Å². The van der Waals surface area contributed by atoms with Gasteiger partial charge in [0.15, 0.2) is 0 Å². The first-order valence-corrected chi connectivity index (χ1v) is 11.7. The van der Waals surface area contributed by atoms with Gasteiger partial charge in [0.25, 0.3) is 0 Å². The highest BCUT2D eigenvalue weighted by Gasteiger charge is 2.36. The van der Waals surface area contributed by atoms with E-state index in [-0.39, 0.29) is 47.4 Å². The van der Waals surface area contributed by atoms with Gasteiger partial charge < -0.3 is 4.90 Å². The number of amides is 1.